The van der Waals surface area contributed by atoms with E-state index in [-0.39, 0.29) is 0 Å². The van der Waals surface area contributed by atoms with Crippen molar-refractivity contribution in [1.29, 1.82) is 0 Å². The van der Waals surface area contributed by atoms with E-state index in [4.69, 9.17) is 5.73 Å². The minimum Gasteiger partial charge on any atom is -0.327 e. The molecule has 1 saturated heterocycles. The van der Waals surface area contributed by atoms with Crippen molar-refractivity contribution in [3.63, 3.8) is 0 Å². The average Bonchev–Trinajstić information content (AvgIpc) is 3.26. The maximum Gasteiger partial charge on any atom is 0.0341 e. The fourth-order valence-electron chi connectivity index (χ4n) is 6.89. The van der Waals surface area contributed by atoms with Gasteiger partial charge in [-0.3, -0.25) is 0 Å². The molecule has 2 heteroatoms. The summed E-state index contributed by atoms with van der Waals surface area (Å²) in [6, 6.07) is 0.465. The molecular formula is C21H38N2. The summed E-state index contributed by atoms with van der Waals surface area (Å²) < 4.78 is 0. The molecule has 8 atom stereocenters. The van der Waals surface area contributed by atoms with Crippen LogP contribution in [0.4, 0.5) is 0 Å². The molecule has 4 aliphatic carbocycles. The maximum atomic E-state index is 6.89. The number of nitrogens with two attached hydrogens (primary N) is 1. The average molecular weight is 319 g/mol. The largest absolute Gasteiger partial charge is 0.327 e. The molecule has 2 nitrogen and oxygen atoms in total. The van der Waals surface area contributed by atoms with Crippen molar-refractivity contribution in [2.24, 2.45) is 40.7 Å². The molecule has 2 bridgehead atoms. The normalized spacial score (nSPS) is 54.3. The SMILES string of the molecule is CC.CC.CC1CC=CC2C1C(N)C13CC(CCC21)C1(CN1)C3. The Bertz CT molecular complexity index is 453. The maximum absolute atomic E-state index is 6.89. The molecule has 1 heterocycles. The van der Waals surface area contributed by atoms with Crippen molar-refractivity contribution in [2.45, 2.75) is 78.3 Å². The summed E-state index contributed by atoms with van der Waals surface area (Å²) in [4.78, 5) is 0. The van der Waals surface area contributed by atoms with Gasteiger partial charge in [-0.25, -0.2) is 0 Å². The first-order valence-electron chi connectivity index (χ1n) is 10.3. The molecule has 4 fully saturated rings. The van der Waals surface area contributed by atoms with E-state index in [1.807, 2.05) is 27.7 Å². The summed E-state index contributed by atoms with van der Waals surface area (Å²) in [6.45, 7) is 11.7. The van der Waals surface area contributed by atoms with Gasteiger partial charge in [-0.1, -0.05) is 46.8 Å². The Morgan fingerprint density at radius 3 is 2.48 bits per heavy atom. The van der Waals surface area contributed by atoms with Crippen LogP contribution in [0.15, 0.2) is 12.2 Å². The van der Waals surface area contributed by atoms with Crippen LogP contribution < -0.4 is 11.1 Å². The molecule has 3 saturated carbocycles. The van der Waals surface area contributed by atoms with Gasteiger partial charge in [0, 0.05) is 18.1 Å². The number of fused-ring (bicyclic) bond motifs is 4. The summed E-state index contributed by atoms with van der Waals surface area (Å²) in [5, 5.41) is 3.73. The van der Waals surface area contributed by atoms with E-state index < -0.39 is 0 Å². The van der Waals surface area contributed by atoms with E-state index in [0.29, 0.717) is 17.0 Å². The van der Waals surface area contributed by atoms with Gasteiger partial charge in [-0.05, 0) is 67.1 Å². The van der Waals surface area contributed by atoms with Crippen molar-refractivity contribution < 1.29 is 0 Å². The van der Waals surface area contributed by atoms with E-state index in [1.54, 1.807) is 0 Å². The third-order valence-corrected chi connectivity index (χ3v) is 7.76. The molecule has 0 aromatic rings. The summed E-state index contributed by atoms with van der Waals surface area (Å²) in [5.41, 5.74) is 7.92. The smallest absolute Gasteiger partial charge is 0.0341 e. The van der Waals surface area contributed by atoms with Gasteiger partial charge in [0.2, 0.25) is 0 Å². The van der Waals surface area contributed by atoms with Crippen LogP contribution in [-0.2, 0) is 0 Å². The van der Waals surface area contributed by atoms with Crippen LogP contribution in [0.25, 0.3) is 0 Å². The second-order valence-corrected chi connectivity index (χ2v) is 8.33. The zero-order valence-electron chi connectivity index (χ0n) is 15.9. The monoisotopic (exact) mass is 318 g/mol. The van der Waals surface area contributed by atoms with Gasteiger partial charge in [0.05, 0.1) is 0 Å². The second kappa shape index (κ2) is 6.19. The highest BCUT2D eigenvalue weighted by atomic mass is 15.2. The van der Waals surface area contributed by atoms with E-state index in [1.165, 1.54) is 38.6 Å². The van der Waals surface area contributed by atoms with Crippen LogP contribution in [0.5, 0.6) is 0 Å². The van der Waals surface area contributed by atoms with E-state index in [9.17, 15) is 0 Å². The third kappa shape index (κ3) is 2.28. The Morgan fingerprint density at radius 1 is 1.13 bits per heavy atom. The molecule has 3 N–H and O–H groups in total. The van der Waals surface area contributed by atoms with Crippen LogP contribution in [0.1, 0.15) is 66.7 Å². The van der Waals surface area contributed by atoms with E-state index >= 15 is 0 Å². The lowest BCUT2D eigenvalue weighted by molar-refractivity contribution is 0.117. The number of rotatable bonds is 0. The van der Waals surface area contributed by atoms with Gasteiger partial charge in [-0.15, -0.1) is 0 Å². The van der Waals surface area contributed by atoms with Crippen LogP contribution >= 0.6 is 0 Å². The first-order valence-corrected chi connectivity index (χ1v) is 10.3. The quantitative estimate of drug-likeness (QED) is 0.515. The standard InChI is InChI=1S/C17H26N2.2C2H6/c1-10-3-2-4-12-13-6-5-11-7-16(13,15(18)14(10)12)8-17(11)9-19-17;2*1-2/h2,4,10-15,19H,3,5-9,18H2,1H3;2*1-2H3. The van der Waals surface area contributed by atoms with Gasteiger partial charge < -0.3 is 11.1 Å². The van der Waals surface area contributed by atoms with Crippen molar-refractivity contribution >= 4 is 0 Å². The first-order chi connectivity index (χ1) is 11.2. The van der Waals surface area contributed by atoms with Crippen LogP contribution in [0.2, 0.25) is 0 Å². The molecule has 0 aromatic heterocycles. The minimum absolute atomic E-state index is 0.465. The zero-order valence-corrected chi connectivity index (χ0v) is 15.9. The molecule has 0 radical (unpaired) electrons. The van der Waals surface area contributed by atoms with Crippen LogP contribution in [0.3, 0.4) is 0 Å². The highest BCUT2D eigenvalue weighted by molar-refractivity contribution is 5.28. The Balaban J connectivity index is 0.000000365. The number of hydrogen-bond acceptors (Lipinski definition) is 2. The molecule has 0 amide bonds. The van der Waals surface area contributed by atoms with Crippen molar-refractivity contribution in [2.75, 3.05) is 6.54 Å². The summed E-state index contributed by atoms with van der Waals surface area (Å²) in [7, 11) is 0. The highest BCUT2D eigenvalue weighted by Crippen LogP contribution is 2.70. The van der Waals surface area contributed by atoms with Crippen LogP contribution in [0, 0.1) is 35.0 Å². The number of allylic oxidation sites excluding steroid dienone is 2. The Hall–Kier alpha value is -0.340. The fraction of sp³-hybridized carbons (Fsp3) is 0.905. The molecule has 5 aliphatic rings. The molecular weight excluding hydrogens is 280 g/mol. The zero-order chi connectivity index (χ0) is 16.8. The molecule has 5 rings (SSSR count). The molecule has 0 aromatic carbocycles. The molecule has 23 heavy (non-hydrogen) atoms. The predicted octanol–water partition coefficient (Wildman–Crippen LogP) is 4.36. The van der Waals surface area contributed by atoms with Gasteiger partial charge in [-0.2, -0.15) is 0 Å². The molecule has 1 aliphatic heterocycles. The van der Waals surface area contributed by atoms with Gasteiger partial charge in [0.15, 0.2) is 0 Å². The Labute approximate surface area is 143 Å². The minimum atomic E-state index is 0.465. The predicted molar refractivity (Wildman–Crippen MR) is 99.2 cm³/mol. The highest BCUT2D eigenvalue weighted by Gasteiger charge is 2.71. The van der Waals surface area contributed by atoms with E-state index in [2.05, 4.69) is 24.4 Å². The van der Waals surface area contributed by atoms with Crippen molar-refractivity contribution in [3.05, 3.63) is 12.2 Å². The molecule has 8 unspecified atom stereocenters. The Kier molecular flexibility index (Phi) is 4.70. The van der Waals surface area contributed by atoms with Crippen molar-refractivity contribution in [1.82, 2.24) is 5.32 Å². The lowest BCUT2D eigenvalue weighted by atomic mass is 9.66. The van der Waals surface area contributed by atoms with Gasteiger partial charge in [0.1, 0.15) is 0 Å². The van der Waals surface area contributed by atoms with Gasteiger partial charge in [0.25, 0.3) is 0 Å². The Morgan fingerprint density at radius 2 is 1.83 bits per heavy atom. The second-order valence-electron chi connectivity index (χ2n) is 8.33. The first kappa shape index (κ1) is 17.5. The summed E-state index contributed by atoms with van der Waals surface area (Å²) in [6.07, 6.45) is 12.0. The van der Waals surface area contributed by atoms with E-state index in [0.717, 1.165) is 29.6 Å². The van der Waals surface area contributed by atoms with Crippen LogP contribution in [-0.4, -0.2) is 18.1 Å². The number of hydrogen-bond donors (Lipinski definition) is 2. The third-order valence-electron chi connectivity index (χ3n) is 7.76. The van der Waals surface area contributed by atoms with Crippen molar-refractivity contribution in [3.8, 4) is 0 Å². The van der Waals surface area contributed by atoms with Gasteiger partial charge >= 0.3 is 0 Å². The fourth-order valence-corrected chi connectivity index (χ4v) is 6.89. The molecule has 132 valence electrons. The number of nitrogens with one attached hydrogen (secondary N) is 1. The topological polar surface area (TPSA) is 48.0 Å². The lowest BCUT2D eigenvalue weighted by Crippen LogP contribution is -2.44. The summed E-state index contributed by atoms with van der Waals surface area (Å²) >= 11 is 0. The summed E-state index contributed by atoms with van der Waals surface area (Å²) in [5.74, 6) is 4.20. The molecule has 2 spiro atoms. The lowest BCUT2D eigenvalue weighted by Gasteiger charge is -2.39.